The van der Waals surface area contributed by atoms with Crippen LogP contribution in [0.25, 0.3) is 0 Å². The first-order valence-corrected chi connectivity index (χ1v) is 7.91. The fourth-order valence-corrected chi connectivity index (χ4v) is 3.33. The summed E-state index contributed by atoms with van der Waals surface area (Å²) in [6, 6.07) is 6.62. The van der Waals surface area contributed by atoms with Gasteiger partial charge in [-0.15, -0.1) is 0 Å². The summed E-state index contributed by atoms with van der Waals surface area (Å²) < 4.78 is 27.0. The van der Waals surface area contributed by atoms with Crippen LogP contribution >= 0.6 is 0 Å². The van der Waals surface area contributed by atoms with Gasteiger partial charge in [-0.25, -0.2) is 13.1 Å². The van der Waals surface area contributed by atoms with E-state index in [2.05, 4.69) is 11.6 Å². The zero-order valence-corrected chi connectivity index (χ0v) is 12.0. The number of nitrogens with zero attached hydrogens (tertiary/aromatic N) is 1. The second-order valence-electron chi connectivity index (χ2n) is 5.27. The molecule has 19 heavy (non-hydrogen) atoms. The molecule has 0 amide bonds. The van der Waals surface area contributed by atoms with Crippen LogP contribution in [0.2, 0.25) is 0 Å². The molecule has 0 bridgehead atoms. The number of nitrogens with one attached hydrogen (secondary N) is 1. The second-order valence-corrected chi connectivity index (χ2v) is 7.03. The average Bonchev–Trinajstić information content (AvgIpc) is 3.17. The van der Waals surface area contributed by atoms with Gasteiger partial charge in [0.2, 0.25) is 10.0 Å². The molecule has 1 fully saturated rings. The van der Waals surface area contributed by atoms with E-state index in [1.807, 2.05) is 6.07 Å². The van der Waals surface area contributed by atoms with Crippen LogP contribution in [0.4, 0.5) is 0 Å². The van der Waals surface area contributed by atoms with Gasteiger partial charge in [0.1, 0.15) is 0 Å². The number of nitriles is 1. The van der Waals surface area contributed by atoms with Crippen molar-refractivity contribution in [2.45, 2.75) is 38.0 Å². The first-order chi connectivity index (χ1) is 8.92. The summed E-state index contributed by atoms with van der Waals surface area (Å²) in [5.74, 6) is 0. The summed E-state index contributed by atoms with van der Waals surface area (Å²) in [6.45, 7) is 4.34. The van der Waals surface area contributed by atoms with Crippen molar-refractivity contribution < 1.29 is 8.42 Å². The Morgan fingerprint density at radius 1 is 1.42 bits per heavy atom. The molecule has 1 aromatic rings. The van der Waals surface area contributed by atoms with Crippen LogP contribution in [0.5, 0.6) is 0 Å². The van der Waals surface area contributed by atoms with E-state index in [0.717, 1.165) is 19.3 Å². The van der Waals surface area contributed by atoms with Crippen LogP contribution in [-0.4, -0.2) is 15.0 Å². The van der Waals surface area contributed by atoms with Crippen molar-refractivity contribution in [3.63, 3.8) is 0 Å². The molecule has 5 heteroatoms. The molecule has 0 unspecified atom stereocenters. The molecule has 102 valence electrons. The summed E-state index contributed by atoms with van der Waals surface area (Å²) in [4.78, 5) is 0.232. The topological polar surface area (TPSA) is 70.0 Å². The monoisotopic (exact) mass is 278 g/mol. The molecule has 1 aromatic carbocycles. The van der Waals surface area contributed by atoms with Gasteiger partial charge < -0.3 is 0 Å². The van der Waals surface area contributed by atoms with Gasteiger partial charge in [-0.3, -0.25) is 0 Å². The summed E-state index contributed by atoms with van der Waals surface area (Å²) in [5, 5.41) is 8.85. The Morgan fingerprint density at radius 3 is 2.58 bits per heavy atom. The van der Waals surface area contributed by atoms with Gasteiger partial charge in [-0.2, -0.15) is 5.26 Å². The highest BCUT2D eigenvalue weighted by molar-refractivity contribution is 7.89. The molecule has 0 aromatic heterocycles. The van der Waals surface area contributed by atoms with E-state index in [4.69, 9.17) is 5.26 Å². The third kappa shape index (κ3) is 2.96. The first-order valence-electron chi connectivity index (χ1n) is 6.43. The summed E-state index contributed by atoms with van der Waals surface area (Å²) >= 11 is 0. The van der Waals surface area contributed by atoms with E-state index >= 15 is 0 Å². The van der Waals surface area contributed by atoms with Crippen molar-refractivity contribution in [1.82, 2.24) is 4.72 Å². The quantitative estimate of drug-likeness (QED) is 0.898. The molecule has 2 rings (SSSR count). The van der Waals surface area contributed by atoms with Gasteiger partial charge in [-0.05, 0) is 55.4 Å². The Balaban J connectivity index is 2.16. The predicted octanol–water partition coefficient (Wildman–Crippen LogP) is 2.34. The lowest BCUT2D eigenvalue weighted by Gasteiger charge is -2.14. The lowest BCUT2D eigenvalue weighted by molar-refractivity contribution is 0.475. The summed E-state index contributed by atoms with van der Waals surface area (Å²) in [6.07, 6.45) is 3.19. The smallest absolute Gasteiger partial charge is 0.211 e. The normalized spacial score (nSPS) is 16.9. The highest BCUT2D eigenvalue weighted by atomic mass is 32.2. The highest BCUT2D eigenvalue weighted by Crippen LogP contribution is 2.48. The maximum absolute atomic E-state index is 12.2. The van der Waals surface area contributed by atoms with Gasteiger partial charge in [0, 0.05) is 6.54 Å². The molecular weight excluding hydrogens is 260 g/mol. The third-order valence-electron chi connectivity index (χ3n) is 3.97. The Labute approximate surface area is 114 Å². The highest BCUT2D eigenvalue weighted by Gasteiger charge is 2.41. The van der Waals surface area contributed by atoms with Crippen LogP contribution in [0, 0.1) is 23.7 Å². The predicted molar refractivity (Wildman–Crippen MR) is 73.0 cm³/mol. The van der Waals surface area contributed by atoms with Gasteiger partial charge >= 0.3 is 0 Å². The molecule has 4 nitrogen and oxygen atoms in total. The minimum Gasteiger partial charge on any atom is -0.211 e. The van der Waals surface area contributed by atoms with Crippen molar-refractivity contribution in [3.8, 4) is 6.07 Å². The number of aryl methyl sites for hydroxylation is 1. The fourth-order valence-electron chi connectivity index (χ4n) is 2.09. The van der Waals surface area contributed by atoms with Crippen molar-refractivity contribution in [3.05, 3.63) is 29.3 Å². The van der Waals surface area contributed by atoms with Crippen molar-refractivity contribution in [1.29, 1.82) is 5.26 Å². The zero-order valence-electron chi connectivity index (χ0n) is 11.2. The molecule has 0 radical (unpaired) electrons. The Kier molecular flexibility index (Phi) is 3.66. The van der Waals surface area contributed by atoms with Gasteiger partial charge in [0.25, 0.3) is 0 Å². The lowest BCUT2D eigenvalue weighted by Crippen LogP contribution is -2.30. The number of benzene rings is 1. The molecule has 1 aliphatic rings. The molecular formula is C14H18N2O2S. The maximum Gasteiger partial charge on any atom is 0.240 e. The van der Waals surface area contributed by atoms with E-state index in [1.165, 1.54) is 6.07 Å². The molecule has 1 N–H and O–H groups in total. The summed E-state index contributed by atoms with van der Waals surface area (Å²) in [7, 11) is -3.47. The molecule has 0 atom stereocenters. The largest absolute Gasteiger partial charge is 0.240 e. The SMILES string of the molecule is CCC1(CNS(=O)(=O)c2ccc(C#N)c(C)c2)CC1. The van der Waals surface area contributed by atoms with E-state index in [9.17, 15) is 8.42 Å². The second kappa shape index (κ2) is 4.95. The van der Waals surface area contributed by atoms with Crippen LogP contribution in [0.1, 0.15) is 37.3 Å². The number of sulfonamides is 1. The van der Waals surface area contributed by atoms with E-state index in [1.54, 1.807) is 19.1 Å². The van der Waals surface area contributed by atoms with Crippen molar-refractivity contribution in [2.75, 3.05) is 6.54 Å². The number of hydrogen-bond donors (Lipinski definition) is 1. The van der Waals surface area contributed by atoms with Crippen LogP contribution in [0.15, 0.2) is 23.1 Å². The van der Waals surface area contributed by atoms with E-state index in [-0.39, 0.29) is 10.3 Å². The molecule has 0 heterocycles. The maximum atomic E-state index is 12.2. The van der Waals surface area contributed by atoms with Crippen molar-refractivity contribution in [2.24, 2.45) is 5.41 Å². The molecule has 0 aliphatic heterocycles. The standard InChI is InChI=1S/C14H18N2O2S/c1-3-14(6-7-14)10-16-19(17,18)13-5-4-12(9-15)11(2)8-13/h4-5,8,16H,3,6-7,10H2,1-2H3. The Bertz CT molecular complexity index is 625. The van der Waals surface area contributed by atoms with Gasteiger partial charge in [-0.1, -0.05) is 6.92 Å². The van der Waals surface area contributed by atoms with Crippen molar-refractivity contribution >= 4 is 10.0 Å². The van der Waals surface area contributed by atoms with Crippen LogP contribution in [0.3, 0.4) is 0 Å². The molecule has 1 aliphatic carbocycles. The zero-order chi connectivity index (χ0) is 14.1. The molecule has 0 spiro atoms. The fraction of sp³-hybridized carbons (Fsp3) is 0.500. The number of hydrogen-bond acceptors (Lipinski definition) is 3. The van der Waals surface area contributed by atoms with E-state index in [0.29, 0.717) is 17.7 Å². The Hall–Kier alpha value is -1.38. The first kappa shape index (κ1) is 14.0. The van der Waals surface area contributed by atoms with Crippen LogP contribution < -0.4 is 4.72 Å². The number of rotatable bonds is 5. The minimum atomic E-state index is -3.47. The minimum absolute atomic E-state index is 0.175. The molecule has 0 saturated heterocycles. The van der Waals surface area contributed by atoms with Gasteiger partial charge in [0.05, 0.1) is 16.5 Å². The van der Waals surface area contributed by atoms with Crippen LogP contribution in [-0.2, 0) is 10.0 Å². The average molecular weight is 278 g/mol. The van der Waals surface area contributed by atoms with E-state index < -0.39 is 10.0 Å². The third-order valence-corrected chi connectivity index (χ3v) is 5.37. The van der Waals surface area contributed by atoms with Gasteiger partial charge in [0.15, 0.2) is 0 Å². The summed E-state index contributed by atoms with van der Waals surface area (Å²) in [5.41, 5.74) is 1.36. The molecule has 1 saturated carbocycles. The lowest BCUT2D eigenvalue weighted by atomic mass is 10.1. The Morgan fingerprint density at radius 2 is 2.11 bits per heavy atom.